The van der Waals surface area contributed by atoms with Gasteiger partial charge in [0.2, 0.25) is 5.36 Å². The Morgan fingerprint density at radius 3 is 1.69 bits per heavy atom. The van der Waals surface area contributed by atoms with Gasteiger partial charge in [0.1, 0.15) is 34.9 Å². The number of fused-ring (bicyclic) bond motifs is 2. The highest BCUT2D eigenvalue weighted by Gasteiger charge is 2.44. The number of carbonyl (C=O) groups excluding carboxylic acids is 3. The van der Waals surface area contributed by atoms with Gasteiger partial charge in [-0.05, 0) is 85.2 Å². The Morgan fingerprint density at radius 2 is 1.20 bits per heavy atom. The summed E-state index contributed by atoms with van der Waals surface area (Å²) in [6, 6.07) is 11.9. The molecule has 0 aromatic heterocycles. The minimum atomic E-state index is -4.95. The summed E-state index contributed by atoms with van der Waals surface area (Å²) in [7, 11) is -6.33. The summed E-state index contributed by atoms with van der Waals surface area (Å²) < 4.78 is 137. The molecule has 1 saturated heterocycles. The SMILES string of the molecule is COCCOCCOCCOCCOCC[N+](CCOCCOCCOCCOCCOC)=c1ccc2c(C(C)(C)C)cc(/C=C/C=C3/N(CCCS(=O)(=O)[O-])c4ccc(S(=O)(=O)[O-])cc4C3(C)CCCC(=O)ON3C(=O)CCC3=O)oc-2c1. The van der Waals surface area contributed by atoms with Crippen LogP contribution in [0.1, 0.15) is 83.1 Å². The zero-order chi connectivity index (χ0) is 61.0. The molecule has 3 aliphatic heterocycles. The molecule has 1 fully saturated rings. The zero-order valence-electron chi connectivity index (χ0n) is 49.3. The molecule has 1 aromatic rings. The topological polar surface area (TPSA) is 290 Å². The van der Waals surface area contributed by atoms with Gasteiger partial charge in [-0.1, -0.05) is 26.8 Å². The largest absolute Gasteiger partial charge is 0.748 e. The van der Waals surface area contributed by atoms with Gasteiger partial charge < -0.3 is 70.6 Å². The molecule has 1 aromatic carbocycles. The minimum absolute atomic E-state index is 0.00487. The van der Waals surface area contributed by atoms with Crippen molar-refractivity contribution in [1.82, 2.24) is 9.64 Å². The van der Waals surface area contributed by atoms with Crippen molar-refractivity contribution in [2.75, 3.05) is 163 Å². The lowest BCUT2D eigenvalue weighted by Gasteiger charge is -2.30. The van der Waals surface area contributed by atoms with Gasteiger partial charge in [-0.2, -0.15) is 0 Å². The van der Waals surface area contributed by atoms with Gasteiger partial charge in [0.05, 0.1) is 127 Å². The Morgan fingerprint density at radius 1 is 0.690 bits per heavy atom. The fourth-order valence-electron chi connectivity index (χ4n) is 9.34. The van der Waals surface area contributed by atoms with Crippen molar-refractivity contribution in [3.63, 3.8) is 0 Å². The number of hydrogen-bond acceptors (Lipinski definition) is 22. The lowest BCUT2D eigenvalue weighted by Crippen LogP contribution is -2.36. The number of hydrogen-bond donors (Lipinski definition) is 0. The molecular weight excluding hydrogens is 1140 g/mol. The number of methoxy groups -OCH3 is 2. The van der Waals surface area contributed by atoms with Crippen molar-refractivity contribution < 1.29 is 96.9 Å². The Hall–Kier alpha value is -5.04. The van der Waals surface area contributed by atoms with Gasteiger partial charge in [-0.15, -0.1) is 5.06 Å². The molecule has 1 unspecified atom stereocenters. The standard InChI is InChI=1S/C58H85N3O21S2/c1-57(2,3)49-43-46(10-7-11-53-58(4,19-8-12-56(64)82-61-54(62)17-18-55(61)63)50-44-47(84(68,69)70)14-16-51(50)60(53)20-9-41-83(65,66)67)81-52-42-45(13-15-48(49)52)59(21-23-73-29-31-77-37-39-79-35-33-75-27-25-71-5)22-24-74-30-32-78-38-40-80-36-34-76-28-26-72-6/h7,10-11,13-16,42-44H,8-9,12,17-41H2,1-6H3,(H-,65,66,67,68,69,70)/p-1. The van der Waals surface area contributed by atoms with Crippen LogP contribution in [-0.4, -0.2) is 207 Å². The predicted octanol–water partition coefficient (Wildman–Crippen LogP) is 4.17. The van der Waals surface area contributed by atoms with Gasteiger partial charge in [0.25, 0.3) is 11.8 Å². The summed E-state index contributed by atoms with van der Waals surface area (Å²) in [5.74, 6) is -1.74. The van der Waals surface area contributed by atoms with Crippen LogP contribution in [0.15, 0.2) is 69.6 Å². The van der Waals surface area contributed by atoms with Crippen LogP contribution in [0.4, 0.5) is 5.69 Å². The van der Waals surface area contributed by atoms with Crippen LogP contribution in [0.2, 0.25) is 0 Å². The smallest absolute Gasteiger partial charge is 0.333 e. The van der Waals surface area contributed by atoms with Gasteiger partial charge in [0.15, 0.2) is 13.1 Å². The molecule has 2 amide bonds. The monoisotopic (exact) mass is 1220 g/mol. The molecule has 470 valence electrons. The highest BCUT2D eigenvalue weighted by Crippen LogP contribution is 2.51. The summed E-state index contributed by atoms with van der Waals surface area (Å²) in [5.41, 5.74) is 1.75. The van der Waals surface area contributed by atoms with E-state index >= 15 is 0 Å². The molecule has 5 rings (SSSR count). The molecule has 0 bridgehead atoms. The number of carbonyl (C=O) groups is 3. The molecule has 1 atom stereocenters. The summed E-state index contributed by atoms with van der Waals surface area (Å²) in [6.07, 6.45) is 4.98. The number of anilines is 1. The van der Waals surface area contributed by atoms with E-state index in [0.29, 0.717) is 166 Å². The van der Waals surface area contributed by atoms with Crippen LogP contribution < -0.4 is 14.8 Å². The van der Waals surface area contributed by atoms with Crippen molar-refractivity contribution in [3.8, 4) is 11.3 Å². The lowest BCUT2D eigenvalue weighted by atomic mass is 9.77. The maximum Gasteiger partial charge on any atom is 0.333 e. The lowest BCUT2D eigenvalue weighted by molar-refractivity contribution is -0.197. The summed E-state index contributed by atoms with van der Waals surface area (Å²) in [5, 5.41) is 1.30. The summed E-state index contributed by atoms with van der Waals surface area (Å²) >= 11 is 0. The van der Waals surface area contributed by atoms with Gasteiger partial charge in [-0.25, -0.2) is 26.2 Å². The van der Waals surface area contributed by atoms with Crippen LogP contribution in [0.25, 0.3) is 17.4 Å². The third kappa shape index (κ3) is 23.3. The number of hydroxylamine groups is 2. The van der Waals surface area contributed by atoms with E-state index in [1.165, 1.54) is 12.1 Å². The fourth-order valence-corrected chi connectivity index (χ4v) is 10.3. The Kier molecular flexibility index (Phi) is 29.5. The first kappa shape index (κ1) is 69.7. The van der Waals surface area contributed by atoms with Gasteiger partial charge in [0, 0.05) is 74.2 Å². The van der Waals surface area contributed by atoms with E-state index in [0.717, 1.165) is 22.6 Å². The normalized spacial score (nSPS) is 16.3. The number of rotatable bonds is 42. The molecule has 0 radical (unpaired) electrons. The number of allylic oxidation sites excluding steroid dienone is 3. The first-order valence-electron chi connectivity index (χ1n) is 28.2. The zero-order valence-corrected chi connectivity index (χ0v) is 50.9. The van der Waals surface area contributed by atoms with Crippen molar-refractivity contribution >= 4 is 49.8 Å². The third-order valence-corrected chi connectivity index (χ3v) is 15.2. The quantitative estimate of drug-likeness (QED) is 0.0333. The Labute approximate surface area is 493 Å². The second-order valence-corrected chi connectivity index (χ2v) is 23.8. The van der Waals surface area contributed by atoms with Crippen LogP contribution >= 0.6 is 0 Å². The Bertz CT molecular complexity index is 2840. The van der Waals surface area contributed by atoms with E-state index in [1.807, 2.05) is 24.3 Å². The van der Waals surface area contributed by atoms with Crippen molar-refractivity contribution in [1.29, 1.82) is 0 Å². The van der Waals surface area contributed by atoms with Crippen molar-refractivity contribution in [2.24, 2.45) is 0 Å². The first-order chi connectivity index (χ1) is 40.2. The van der Waals surface area contributed by atoms with E-state index < -0.39 is 54.1 Å². The Balaban J connectivity index is 1.40. The maximum absolute atomic E-state index is 13.0. The van der Waals surface area contributed by atoms with E-state index in [1.54, 1.807) is 44.3 Å². The summed E-state index contributed by atoms with van der Waals surface area (Å²) in [4.78, 5) is 43.7. The average molecular weight is 1220 g/mol. The van der Waals surface area contributed by atoms with E-state index in [9.17, 15) is 40.3 Å². The van der Waals surface area contributed by atoms with Crippen LogP contribution in [-0.2, 0) is 97.7 Å². The van der Waals surface area contributed by atoms with E-state index in [-0.39, 0.29) is 50.5 Å². The number of nitrogens with zero attached hydrogens (tertiary/aromatic N) is 3. The summed E-state index contributed by atoms with van der Waals surface area (Å²) in [6.45, 7) is 17.0. The molecule has 3 heterocycles. The number of ether oxygens (including phenoxy) is 10. The van der Waals surface area contributed by atoms with E-state index in [2.05, 4.69) is 25.3 Å². The molecule has 24 nitrogen and oxygen atoms in total. The average Bonchev–Trinajstić information content (AvgIpc) is 4.02. The third-order valence-electron chi connectivity index (χ3n) is 13.6. The first-order valence-corrected chi connectivity index (χ1v) is 31.2. The molecule has 1 aliphatic carbocycles. The molecule has 0 saturated carbocycles. The molecule has 0 N–H and O–H groups in total. The molecule has 4 aliphatic rings. The van der Waals surface area contributed by atoms with Crippen LogP contribution in [0.5, 0.6) is 0 Å². The highest BCUT2D eigenvalue weighted by atomic mass is 32.2. The molecule has 26 heteroatoms. The molecule has 84 heavy (non-hydrogen) atoms. The molecular formula is C58H84N3O21S2-. The van der Waals surface area contributed by atoms with Crippen molar-refractivity contribution in [3.05, 3.63) is 82.6 Å². The van der Waals surface area contributed by atoms with Crippen molar-refractivity contribution in [2.45, 2.75) is 81.9 Å². The predicted molar refractivity (Wildman–Crippen MR) is 306 cm³/mol. The van der Waals surface area contributed by atoms with Crippen LogP contribution in [0.3, 0.4) is 0 Å². The number of benzene rings is 2. The van der Waals surface area contributed by atoms with Gasteiger partial charge >= 0.3 is 5.97 Å². The maximum atomic E-state index is 13.0. The second-order valence-electron chi connectivity index (χ2n) is 20.9. The number of imide groups is 1. The second kappa shape index (κ2) is 35.6. The number of amides is 2. The highest BCUT2D eigenvalue weighted by molar-refractivity contribution is 7.86. The molecule has 0 spiro atoms. The van der Waals surface area contributed by atoms with Crippen LogP contribution in [0, 0.1) is 0 Å². The minimum Gasteiger partial charge on any atom is -0.748 e. The van der Waals surface area contributed by atoms with Gasteiger partial charge in [-0.3, -0.25) is 9.59 Å². The van der Waals surface area contributed by atoms with E-state index in [4.69, 9.17) is 56.6 Å². The fraction of sp³-hybridized carbons (Fsp3) is 0.621.